The number of para-hydroxylation sites is 1. The number of amides is 1. The van der Waals surface area contributed by atoms with Crippen molar-refractivity contribution in [3.8, 4) is 5.75 Å². The van der Waals surface area contributed by atoms with Gasteiger partial charge in [-0.15, -0.1) is 0 Å². The quantitative estimate of drug-likeness (QED) is 0.731. The molecular weight excluding hydrogens is 296 g/mol. The van der Waals surface area contributed by atoms with E-state index in [-0.39, 0.29) is 11.7 Å². The lowest BCUT2D eigenvalue weighted by atomic mass is 9.81. The number of phenols is 1. The van der Waals surface area contributed by atoms with Gasteiger partial charge in [0.15, 0.2) is 5.75 Å². The summed E-state index contributed by atoms with van der Waals surface area (Å²) in [7, 11) is 0. The maximum absolute atomic E-state index is 12.3. The third kappa shape index (κ3) is 2.84. The van der Waals surface area contributed by atoms with E-state index in [0.29, 0.717) is 29.5 Å². The second-order valence-electron chi connectivity index (χ2n) is 4.28. The second-order valence-corrected chi connectivity index (χ2v) is 5.14. The number of benzene rings is 1. The zero-order chi connectivity index (χ0) is 13.8. The SMILES string of the molecule is CCC(CC)(CN)C(=O)Nc1cccc(Br)c1O. The summed E-state index contributed by atoms with van der Waals surface area (Å²) in [6, 6.07) is 5.12. The van der Waals surface area contributed by atoms with Gasteiger partial charge in [0.1, 0.15) is 0 Å². The summed E-state index contributed by atoms with van der Waals surface area (Å²) in [5.41, 5.74) is 5.54. The minimum Gasteiger partial charge on any atom is -0.505 e. The Labute approximate surface area is 116 Å². The van der Waals surface area contributed by atoms with E-state index in [4.69, 9.17) is 5.73 Å². The minimum absolute atomic E-state index is 0.0315. The number of nitrogens with two attached hydrogens (primary N) is 1. The normalized spacial score (nSPS) is 11.3. The van der Waals surface area contributed by atoms with E-state index in [0.717, 1.165) is 0 Å². The Balaban J connectivity index is 2.97. The molecule has 100 valence electrons. The third-order valence-corrected chi connectivity index (χ3v) is 4.10. The van der Waals surface area contributed by atoms with Crippen molar-refractivity contribution in [2.45, 2.75) is 26.7 Å². The van der Waals surface area contributed by atoms with Crippen molar-refractivity contribution in [3.63, 3.8) is 0 Å². The Hall–Kier alpha value is -1.07. The molecule has 0 atom stereocenters. The van der Waals surface area contributed by atoms with Crippen LogP contribution in [0.5, 0.6) is 5.75 Å². The summed E-state index contributed by atoms with van der Waals surface area (Å²) in [6.45, 7) is 4.17. The van der Waals surface area contributed by atoms with E-state index in [9.17, 15) is 9.90 Å². The van der Waals surface area contributed by atoms with Crippen LogP contribution in [0.4, 0.5) is 5.69 Å². The fourth-order valence-corrected chi connectivity index (χ4v) is 2.19. The number of anilines is 1. The second kappa shape index (κ2) is 6.20. The van der Waals surface area contributed by atoms with Gasteiger partial charge in [0.25, 0.3) is 0 Å². The smallest absolute Gasteiger partial charge is 0.231 e. The fourth-order valence-electron chi connectivity index (χ4n) is 1.82. The Morgan fingerprint density at radius 1 is 1.44 bits per heavy atom. The zero-order valence-corrected chi connectivity index (χ0v) is 12.3. The Morgan fingerprint density at radius 2 is 2.06 bits per heavy atom. The van der Waals surface area contributed by atoms with E-state index in [1.54, 1.807) is 18.2 Å². The highest BCUT2D eigenvalue weighted by molar-refractivity contribution is 9.10. The fraction of sp³-hybridized carbons (Fsp3) is 0.462. The van der Waals surface area contributed by atoms with Crippen LogP contribution < -0.4 is 11.1 Å². The first kappa shape index (κ1) is 15.0. The van der Waals surface area contributed by atoms with Gasteiger partial charge in [-0.05, 0) is 40.9 Å². The Bertz CT molecular complexity index is 423. The molecular formula is C13H19BrN2O2. The highest BCUT2D eigenvalue weighted by atomic mass is 79.9. The summed E-state index contributed by atoms with van der Waals surface area (Å²) in [4.78, 5) is 12.3. The third-order valence-electron chi connectivity index (χ3n) is 3.46. The predicted molar refractivity (Wildman–Crippen MR) is 76.5 cm³/mol. The van der Waals surface area contributed by atoms with Gasteiger partial charge in [0.05, 0.1) is 15.6 Å². The van der Waals surface area contributed by atoms with Gasteiger partial charge in [0.2, 0.25) is 5.91 Å². The molecule has 0 saturated carbocycles. The van der Waals surface area contributed by atoms with Crippen LogP contribution >= 0.6 is 15.9 Å². The van der Waals surface area contributed by atoms with Gasteiger partial charge in [-0.3, -0.25) is 4.79 Å². The molecule has 0 aromatic heterocycles. The molecule has 0 aliphatic carbocycles. The molecule has 4 nitrogen and oxygen atoms in total. The van der Waals surface area contributed by atoms with Crippen molar-refractivity contribution in [3.05, 3.63) is 22.7 Å². The van der Waals surface area contributed by atoms with Crippen molar-refractivity contribution in [2.75, 3.05) is 11.9 Å². The molecule has 0 spiro atoms. The van der Waals surface area contributed by atoms with Crippen LogP contribution in [0, 0.1) is 5.41 Å². The summed E-state index contributed by atoms with van der Waals surface area (Å²) in [5.74, 6) is -0.118. The number of phenolic OH excluding ortho intramolecular Hbond substituents is 1. The minimum atomic E-state index is -0.575. The standard InChI is InChI=1S/C13H19BrN2O2/c1-3-13(4-2,8-15)12(18)16-10-7-5-6-9(14)11(10)17/h5-7,17H,3-4,8,15H2,1-2H3,(H,16,18). The first-order chi connectivity index (χ1) is 8.50. The van der Waals surface area contributed by atoms with Gasteiger partial charge < -0.3 is 16.2 Å². The molecule has 0 aliphatic heterocycles. The first-order valence-corrected chi connectivity index (χ1v) is 6.79. The molecule has 0 fully saturated rings. The van der Waals surface area contributed by atoms with Crippen molar-refractivity contribution in [1.29, 1.82) is 0 Å². The largest absolute Gasteiger partial charge is 0.505 e. The number of rotatable bonds is 5. The summed E-state index contributed by atoms with van der Waals surface area (Å²) < 4.78 is 0.548. The summed E-state index contributed by atoms with van der Waals surface area (Å²) in [6.07, 6.45) is 1.33. The predicted octanol–water partition coefficient (Wildman–Crippen LogP) is 2.86. The molecule has 0 aliphatic rings. The van der Waals surface area contributed by atoms with E-state index in [1.165, 1.54) is 0 Å². The monoisotopic (exact) mass is 314 g/mol. The molecule has 5 heteroatoms. The van der Waals surface area contributed by atoms with Crippen LogP contribution in [-0.4, -0.2) is 17.6 Å². The number of halogens is 1. The molecule has 0 heterocycles. The van der Waals surface area contributed by atoms with Gasteiger partial charge >= 0.3 is 0 Å². The first-order valence-electron chi connectivity index (χ1n) is 5.99. The van der Waals surface area contributed by atoms with Crippen molar-refractivity contribution in [1.82, 2.24) is 0 Å². The molecule has 0 unspecified atom stereocenters. The topological polar surface area (TPSA) is 75.4 Å². The highest BCUT2D eigenvalue weighted by Gasteiger charge is 2.33. The van der Waals surface area contributed by atoms with Crippen LogP contribution in [0.3, 0.4) is 0 Å². The molecule has 0 saturated heterocycles. The number of hydrogen-bond donors (Lipinski definition) is 3. The number of nitrogens with one attached hydrogen (secondary N) is 1. The highest BCUT2D eigenvalue weighted by Crippen LogP contribution is 2.34. The lowest BCUT2D eigenvalue weighted by molar-refractivity contribution is -0.125. The molecule has 1 aromatic rings. The van der Waals surface area contributed by atoms with Crippen LogP contribution in [0.25, 0.3) is 0 Å². The van der Waals surface area contributed by atoms with Crippen LogP contribution in [0.2, 0.25) is 0 Å². The molecule has 18 heavy (non-hydrogen) atoms. The van der Waals surface area contributed by atoms with Crippen LogP contribution in [0.1, 0.15) is 26.7 Å². The van der Waals surface area contributed by atoms with Crippen LogP contribution in [-0.2, 0) is 4.79 Å². The van der Waals surface area contributed by atoms with E-state index in [1.807, 2.05) is 13.8 Å². The maximum atomic E-state index is 12.3. The van der Waals surface area contributed by atoms with Gasteiger partial charge in [-0.2, -0.15) is 0 Å². The molecule has 1 aromatic carbocycles. The van der Waals surface area contributed by atoms with Gasteiger partial charge in [-0.1, -0.05) is 19.9 Å². The molecule has 1 amide bonds. The number of hydrogen-bond acceptors (Lipinski definition) is 3. The van der Waals surface area contributed by atoms with Crippen molar-refractivity contribution in [2.24, 2.45) is 11.1 Å². The lowest BCUT2D eigenvalue weighted by Gasteiger charge is -2.28. The van der Waals surface area contributed by atoms with E-state index in [2.05, 4.69) is 21.2 Å². The van der Waals surface area contributed by atoms with Gasteiger partial charge in [0, 0.05) is 6.54 Å². The van der Waals surface area contributed by atoms with Gasteiger partial charge in [-0.25, -0.2) is 0 Å². The van der Waals surface area contributed by atoms with E-state index >= 15 is 0 Å². The van der Waals surface area contributed by atoms with Crippen LogP contribution in [0.15, 0.2) is 22.7 Å². The molecule has 4 N–H and O–H groups in total. The zero-order valence-electron chi connectivity index (χ0n) is 10.7. The average Bonchev–Trinajstić information content (AvgIpc) is 2.38. The van der Waals surface area contributed by atoms with Crippen molar-refractivity contribution >= 4 is 27.5 Å². The van der Waals surface area contributed by atoms with E-state index < -0.39 is 5.41 Å². The summed E-state index contributed by atoms with van der Waals surface area (Å²) >= 11 is 3.21. The molecule has 0 radical (unpaired) electrons. The number of carbonyl (C=O) groups excluding carboxylic acids is 1. The van der Waals surface area contributed by atoms with Crippen molar-refractivity contribution < 1.29 is 9.90 Å². The molecule has 1 rings (SSSR count). The maximum Gasteiger partial charge on any atom is 0.231 e. The summed E-state index contributed by atoms with van der Waals surface area (Å²) in [5, 5.41) is 12.6. The average molecular weight is 315 g/mol. The number of carbonyl (C=O) groups is 1. The lowest BCUT2D eigenvalue weighted by Crippen LogP contribution is -2.41. The Kier molecular flexibility index (Phi) is 5.16. The number of aromatic hydroxyl groups is 1. The molecule has 0 bridgehead atoms. The Morgan fingerprint density at radius 3 is 2.56 bits per heavy atom.